The third kappa shape index (κ3) is 4.99. The second-order valence-corrected chi connectivity index (χ2v) is 5.04. The molecule has 1 amide bonds. The number of nitro groups is 1. The van der Waals surface area contributed by atoms with E-state index in [-0.39, 0.29) is 5.75 Å². The van der Waals surface area contributed by atoms with Crippen molar-refractivity contribution in [3.63, 3.8) is 0 Å². The summed E-state index contributed by atoms with van der Waals surface area (Å²) in [6.45, 7) is -0.486. The van der Waals surface area contributed by atoms with Crippen LogP contribution in [0.5, 0.6) is 11.5 Å². The zero-order valence-corrected chi connectivity index (χ0v) is 13.5. The number of aliphatic carboxylic acids is 1. The van der Waals surface area contributed by atoms with Gasteiger partial charge in [-0.3, -0.25) is 19.7 Å². The van der Waals surface area contributed by atoms with Crippen LogP contribution in [-0.2, 0) is 4.79 Å². The monoisotopic (exact) mass is 362 g/mol. The highest BCUT2D eigenvalue weighted by atomic mass is 19.3. The van der Waals surface area contributed by atoms with Crippen molar-refractivity contribution in [1.82, 2.24) is 5.32 Å². The van der Waals surface area contributed by atoms with E-state index in [0.29, 0.717) is 6.07 Å². The van der Waals surface area contributed by atoms with Crippen molar-refractivity contribution in [3.8, 4) is 11.5 Å². The number of nitrogens with one attached hydrogen (secondary N) is 1. The van der Waals surface area contributed by atoms with Crippen molar-refractivity contribution >= 4 is 17.6 Å². The molecule has 0 aromatic heterocycles. The Morgan fingerprint density at radius 2 is 1.88 bits per heavy atom. The molecule has 2 atom stereocenters. The van der Waals surface area contributed by atoms with E-state index in [9.17, 15) is 28.5 Å². The van der Waals surface area contributed by atoms with Gasteiger partial charge in [-0.25, -0.2) is 0 Å². The van der Waals surface area contributed by atoms with Crippen molar-refractivity contribution in [2.45, 2.75) is 26.5 Å². The molecule has 9 nitrogen and oxygen atoms in total. The fourth-order valence-corrected chi connectivity index (χ4v) is 1.85. The molecule has 0 heterocycles. The molecule has 1 rings (SSSR count). The Hall–Kier alpha value is -2.98. The van der Waals surface area contributed by atoms with E-state index in [0.717, 1.165) is 13.2 Å². The first kappa shape index (κ1) is 20.1. The quantitative estimate of drug-likeness (QED) is 0.535. The minimum atomic E-state index is -3.25. The number of nitrogens with zero attached hydrogens (tertiary/aromatic N) is 1. The van der Waals surface area contributed by atoms with E-state index in [1.165, 1.54) is 13.8 Å². The minimum absolute atomic E-state index is 0.310. The topological polar surface area (TPSA) is 128 Å². The number of ether oxygens (including phenoxy) is 2. The van der Waals surface area contributed by atoms with Gasteiger partial charge in [0.2, 0.25) is 0 Å². The Labute approximate surface area is 140 Å². The third-order valence-corrected chi connectivity index (χ3v) is 3.44. The van der Waals surface area contributed by atoms with Gasteiger partial charge in [-0.2, -0.15) is 8.78 Å². The molecule has 0 aliphatic rings. The van der Waals surface area contributed by atoms with Crippen LogP contribution >= 0.6 is 0 Å². The predicted molar refractivity (Wildman–Crippen MR) is 80.0 cm³/mol. The lowest BCUT2D eigenvalue weighted by Crippen LogP contribution is -2.40. The molecule has 2 N–H and O–H groups in total. The van der Waals surface area contributed by atoms with Crippen LogP contribution in [0.4, 0.5) is 14.5 Å². The Morgan fingerprint density at radius 1 is 1.28 bits per heavy atom. The Balaban J connectivity index is 3.26. The van der Waals surface area contributed by atoms with Crippen molar-refractivity contribution < 1.29 is 37.9 Å². The van der Waals surface area contributed by atoms with Gasteiger partial charge in [0.05, 0.1) is 24.0 Å². The van der Waals surface area contributed by atoms with E-state index < -0.39 is 52.4 Å². The van der Waals surface area contributed by atoms with Crippen LogP contribution < -0.4 is 14.8 Å². The number of nitro benzene ring substituents is 1. The molecule has 2 unspecified atom stereocenters. The molecule has 1 aromatic rings. The number of benzene rings is 1. The molecule has 138 valence electrons. The molecular weight excluding hydrogens is 346 g/mol. The first-order chi connectivity index (χ1) is 11.6. The smallest absolute Gasteiger partial charge is 0.387 e. The number of carboxylic acids is 1. The lowest BCUT2D eigenvalue weighted by molar-refractivity contribution is -0.385. The van der Waals surface area contributed by atoms with E-state index in [4.69, 9.17) is 9.84 Å². The highest BCUT2D eigenvalue weighted by molar-refractivity contribution is 5.99. The molecule has 0 radical (unpaired) electrons. The lowest BCUT2D eigenvalue weighted by atomic mass is 10.0. The fourth-order valence-electron chi connectivity index (χ4n) is 1.85. The number of carbonyl (C=O) groups excluding carboxylic acids is 1. The molecule has 0 fully saturated rings. The molecule has 1 aromatic carbocycles. The SMILES string of the molecule is COc1cc(C(=O)NC(C)C(C)C(=O)O)c([N+](=O)[O-])cc1OC(F)F. The highest BCUT2D eigenvalue weighted by Crippen LogP contribution is 2.35. The molecular formula is C14H16F2N2O7. The summed E-state index contributed by atoms with van der Waals surface area (Å²) < 4.78 is 33.7. The Morgan fingerprint density at radius 3 is 2.32 bits per heavy atom. The molecule has 0 saturated heterocycles. The largest absolute Gasteiger partial charge is 0.493 e. The summed E-state index contributed by atoms with van der Waals surface area (Å²) in [7, 11) is 1.11. The standard InChI is InChI=1S/C14H16F2N2O7/c1-6(13(20)21)7(2)17-12(19)8-4-10(24-3)11(25-14(15)16)5-9(8)18(22)23/h4-7,14H,1-3H3,(H,17,19)(H,20,21). The van der Waals surface area contributed by atoms with Crippen LogP contribution in [0.3, 0.4) is 0 Å². The Kier molecular flexibility index (Phi) is 6.60. The summed E-state index contributed by atoms with van der Waals surface area (Å²) in [6.07, 6.45) is 0. The van der Waals surface area contributed by atoms with Gasteiger partial charge in [0.1, 0.15) is 5.56 Å². The van der Waals surface area contributed by atoms with Crippen molar-refractivity contribution in [2.24, 2.45) is 5.92 Å². The predicted octanol–water partition coefficient (Wildman–Crippen LogP) is 2.04. The second kappa shape index (κ2) is 8.22. The number of halogens is 2. The average molecular weight is 362 g/mol. The summed E-state index contributed by atoms with van der Waals surface area (Å²) in [4.78, 5) is 33.4. The molecule has 0 aliphatic carbocycles. The van der Waals surface area contributed by atoms with Gasteiger partial charge in [0.25, 0.3) is 11.6 Å². The van der Waals surface area contributed by atoms with Crippen LogP contribution in [0, 0.1) is 16.0 Å². The minimum Gasteiger partial charge on any atom is -0.493 e. The number of amides is 1. The van der Waals surface area contributed by atoms with Crippen LogP contribution in [0.2, 0.25) is 0 Å². The number of alkyl halides is 2. The Bertz CT molecular complexity index is 681. The zero-order chi connectivity index (χ0) is 19.3. The van der Waals surface area contributed by atoms with Gasteiger partial charge < -0.3 is 19.9 Å². The molecule has 11 heteroatoms. The van der Waals surface area contributed by atoms with E-state index in [1.54, 1.807) is 0 Å². The normalized spacial score (nSPS) is 13.0. The number of hydrogen-bond acceptors (Lipinski definition) is 6. The number of carboxylic acid groups (broad SMARTS) is 1. The van der Waals surface area contributed by atoms with Gasteiger partial charge in [0.15, 0.2) is 11.5 Å². The molecule has 0 aliphatic heterocycles. The summed E-state index contributed by atoms with van der Waals surface area (Å²) in [6, 6.07) is 0.682. The van der Waals surface area contributed by atoms with Crippen LogP contribution in [0.15, 0.2) is 12.1 Å². The lowest BCUT2D eigenvalue weighted by Gasteiger charge is -2.18. The van der Waals surface area contributed by atoms with Crippen LogP contribution in [-0.4, -0.2) is 41.7 Å². The molecule has 0 spiro atoms. The summed E-state index contributed by atoms with van der Waals surface area (Å²) >= 11 is 0. The maximum absolute atomic E-state index is 12.4. The van der Waals surface area contributed by atoms with E-state index in [1.807, 2.05) is 0 Å². The van der Waals surface area contributed by atoms with Crippen LogP contribution in [0.1, 0.15) is 24.2 Å². The molecule has 0 bridgehead atoms. The first-order valence-electron chi connectivity index (χ1n) is 6.93. The summed E-state index contributed by atoms with van der Waals surface area (Å²) in [5, 5.41) is 22.4. The summed E-state index contributed by atoms with van der Waals surface area (Å²) in [5.74, 6) is -3.98. The van der Waals surface area contributed by atoms with Crippen molar-refractivity contribution in [1.29, 1.82) is 0 Å². The number of carbonyl (C=O) groups is 2. The maximum Gasteiger partial charge on any atom is 0.387 e. The highest BCUT2D eigenvalue weighted by Gasteiger charge is 2.28. The fraction of sp³-hybridized carbons (Fsp3) is 0.429. The number of rotatable bonds is 8. The van der Waals surface area contributed by atoms with Crippen molar-refractivity contribution in [3.05, 3.63) is 27.8 Å². The zero-order valence-electron chi connectivity index (χ0n) is 13.5. The van der Waals surface area contributed by atoms with E-state index in [2.05, 4.69) is 10.1 Å². The molecule has 0 saturated carbocycles. The average Bonchev–Trinajstić information content (AvgIpc) is 2.52. The van der Waals surface area contributed by atoms with Gasteiger partial charge in [0, 0.05) is 12.1 Å². The third-order valence-electron chi connectivity index (χ3n) is 3.44. The van der Waals surface area contributed by atoms with Gasteiger partial charge >= 0.3 is 12.6 Å². The van der Waals surface area contributed by atoms with E-state index >= 15 is 0 Å². The molecule has 25 heavy (non-hydrogen) atoms. The number of methoxy groups -OCH3 is 1. The van der Waals surface area contributed by atoms with Gasteiger partial charge in [-0.1, -0.05) is 0 Å². The van der Waals surface area contributed by atoms with Gasteiger partial charge in [-0.05, 0) is 13.8 Å². The maximum atomic E-state index is 12.4. The van der Waals surface area contributed by atoms with Crippen LogP contribution in [0.25, 0.3) is 0 Å². The summed E-state index contributed by atoms with van der Waals surface area (Å²) in [5.41, 5.74) is -1.27. The number of hydrogen-bond donors (Lipinski definition) is 2. The second-order valence-electron chi connectivity index (χ2n) is 5.04. The first-order valence-corrected chi connectivity index (χ1v) is 6.93. The van der Waals surface area contributed by atoms with Gasteiger partial charge in [-0.15, -0.1) is 0 Å². The van der Waals surface area contributed by atoms with Crippen molar-refractivity contribution in [2.75, 3.05) is 7.11 Å².